The summed E-state index contributed by atoms with van der Waals surface area (Å²) in [6, 6.07) is 14.6. The van der Waals surface area contributed by atoms with Crippen LogP contribution in [0.15, 0.2) is 48.5 Å². The molecule has 156 valence electrons. The first kappa shape index (κ1) is 22.7. The van der Waals surface area contributed by atoms with E-state index in [1.165, 1.54) is 12.8 Å². The number of anilines is 1. The summed E-state index contributed by atoms with van der Waals surface area (Å²) in [5.74, 6) is 0.999. The van der Waals surface area contributed by atoms with Crippen molar-refractivity contribution >= 4 is 28.9 Å². The van der Waals surface area contributed by atoms with E-state index in [9.17, 15) is 4.79 Å². The molecule has 0 fully saturated rings. The Balaban J connectivity index is 1.93. The number of ether oxygens (including phenoxy) is 2. The van der Waals surface area contributed by atoms with Crippen LogP contribution in [0.2, 0.25) is 0 Å². The number of hydrogen-bond acceptors (Lipinski definition) is 4. The van der Waals surface area contributed by atoms with Gasteiger partial charge < -0.3 is 14.8 Å². The molecule has 2 aromatic carbocycles. The first-order valence-electron chi connectivity index (χ1n) is 10.1. The largest absolute Gasteiger partial charge is 0.493 e. The van der Waals surface area contributed by atoms with Gasteiger partial charge in [-0.15, -0.1) is 0 Å². The minimum absolute atomic E-state index is 0.0791. The number of rotatable bonds is 10. The molecule has 6 heteroatoms. The minimum Gasteiger partial charge on any atom is -0.493 e. The number of nitrogens with one attached hydrogen (secondary N) is 2. The molecule has 0 saturated carbocycles. The van der Waals surface area contributed by atoms with Crippen molar-refractivity contribution in [3.05, 3.63) is 54.1 Å². The molecule has 0 radical (unpaired) electrons. The lowest BCUT2D eigenvalue weighted by atomic mass is 10.2. The average Bonchev–Trinajstić information content (AvgIpc) is 2.67. The van der Waals surface area contributed by atoms with Gasteiger partial charge in [-0.3, -0.25) is 10.1 Å². The van der Waals surface area contributed by atoms with E-state index in [1.807, 2.05) is 50.2 Å². The number of thiocarbonyl (C=S) groups is 1. The molecule has 0 aliphatic carbocycles. The van der Waals surface area contributed by atoms with E-state index >= 15 is 0 Å². The average molecular weight is 415 g/mol. The Labute approximate surface area is 178 Å². The quantitative estimate of drug-likeness (QED) is 0.394. The van der Waals surface area contributed by atoms with Gasteiger partial charge in [0.15, 0.2) is 5.11 Å². The van der Waals surface area contributed by atoms with E-state index in [0.717, 1.165) is 24.3 Å². The third-order valence-electron chi connectivity index (χ3n) is 4.08. The maximum Gasteiger partial charge on any atom is 0.261 e. The lowest BCUT2D eigenvalue weighted by Gasteiger charge is -2.14. The van der Waals surface area contributed by atoms with Crippen molar-refractivity contribution in [3.63, 3.8) is 0 Å². The molecule has 0 unspecified atom stereocenters. The first-order chi connectivity index (χ1) is 14.0. The zero-order chi connectivity index (χ0) is 21.1. The number of amides is 1. The highest BCUT2D eigenvalue weighted by molar-refractivity contribution is 7.80. The molecule has 2 aromatic rings. The Kier molecular flexibility index (Phi) is 9.44. The molecular formula is C23H30N2O3S. The molecule has 0 aliphatic rings. The summed E-state index contributed by atoms with van der Waals surface area (Å²) in [5, 5.41) is 5.95. The van der Waals surface area contributed by atoms with Gasteiger partial charge in [0.05, 0.1) is 18.3 Å². The lowest BCUT2D eigenvalue weighted by Crippen LogP contribution is -2.34. The molecule has 2 N–H and O–H groups in total. The van der Waals surface area contributed by atoms with E-state index in [-0.39, 0.29) is 17.1 Å². The highest BCUT2D eigenvalue weighted by atomic mass is 32.1. The number of carbonyl (C=O) groups excluding carboxylic acids is 1. The molecule has 0 spiro atoms. The van der Waals surface area contributed by atoms with Gasteiger partial charge in [-0.2, -0.15) is 0 Å². The number of para-hydroxylation sites is 1. The van der Waals surface area contributed by atoms with E-state index < -0.39 is 0 Å². The summed E-state index contributed by atoms with van der Waals surface area (Å²) in [6.45, 7) is 6.70. The predicted molar refractivity (Wildman–Crippen MR) is 122 cm³/mol. The van der Waals surface area contributed by atoms with E-state index in [1.54, 1.807) is 12.1 Å². The van der Waals surface area contributed by atoms with E-state index in [0.29, 0.717) is 17.9 Å². The van der Waals surface area contributed by atoms with Crippen LogP contribution in [-0.2, 0) is 0 Å². The summed E-state index contributed by atoms with van der Waals surface area (Å²) in [6.07, 6.45) is 4.54. The second-order valence-electron chi connectivity index (χ2n) is 7.01. The number of unbranched alkanes of at least 4 members (excludes halogenated alkanes) is 3. The third kappa shape index (κ3) is 8.11. The molecule has 0 atom stereocenters. The zero-order valence-electron chi connectivity index (χ0n) is 17.4. The predicted octanol–water partition coefficient (Wildman–Crippen LogP) is 5.56. The molecule has 1 amide bonds. The molecule has 2 rings (SSSR count). The van der Waals surface area contributed by atoms with Crippen molar-refractivity contribution < 1.29 is 14.3 Å². The van der Waals surface area contributed by atoms with Crippen LogP contribution in [0, 0.1) is 0 Å². The van der Waals surface area contributed by atoms with Gasteiger partial charge in [0.2, 0.25) is 0 Å². The molecule has 0 aliphatic heterocycles. The standard InChI is InChI=1S/C23H30N2O3S/c1-4-5-6-9-15-27-21-14-8-7-13-20(21)22(26)25-23(29)24-18-11-10-12-19(16-18)28-17(2)3/h7-8,10-14,16-17H,4-6,9,15H2,1-3H3,(H2,24,25,26,29). The molecule has 5 nitrogen and oxygen atoms in total. The maximum atomic E-state index is 12.7. The van der Waals surface area contributed by atoms with Gasteiger partial charge in [0, 0.05) is 11.8 Å². The van der Waals surface area contributed by atoms with Gasteiger partial charge in [-0.25, -0.2) is 0 Å². The lowest BCUT2D eigenvalue weighted by molar-refractivity contribution is 0.0973. The summed E-state index contributed by atoms with van der Waals surface area (Å²) in [7, 11) is 0. The molecule has 0 aromatic heterocycles. The van der Waals surface area contributed by atoms with Gasteiger partial charge in [0.1, 0.15) is 11.5 Å². The summed E-state index contributed by atoms with van der Waals surface area (Å²) in [4.78, 5) is 12.7. The van der Waals surface area contributed by atoms with Crippen LogP contribution in [0.1, 0.15) is 56.8 Å². The topological polar surface area (TPSA) is 59.6 Å². The van der Waals surface area contributed by atoms with Crippen molar-refractivity contribution in [2.24, 2.45) is 0 Å². The first-order valence-corrected chi connectivity index (χ1v) is 10.5. The molecule has 29 heavy (non-hydrogen) atoms. The Morgan fingerprint density at radius 2 is 1.86 bits per heavy atom. The summed E-state index contributed by atoms with van der Waals surface area (Å²) < 4.78 is 11.5. The van der Waals surface area contributed by atoms with Crippen molar-refractivity contribution in [2.75, 3.05) is 11.9 Å². The third-order valence-corrected chi connectivity index (χ3v) is 4.28. The number of benzene rings is 2. The van der Waals surface area contributed by atoms with Crippen molar-refractivity contribution in [2.45, 2.75) is 52.6 Å². The van der Waals surface area contributed by atoms with Crippen LogP contribution in [0.3, 0.4) is 0 Å². The van der Waals surface area contributed by atoms with Crippen molar-refractivity contribution in [3.8, 4) is 11.5 Å². The Morgan fingerprint density at radius 3 is 2.62 bits per heavy atom. The van der Waals surface area contributed by atoms with Crippen molar-refractivity contribution in [1.82, 2.24) is 5.32 Å². The second kappa shape index (κ2) is 12.1. The van der Waals surface area contributed by atoms with Crippen LogP contribution in [0.5, 0.6) is 11.5 Å². The fourth-order valence-corrected chi connectivity index (χ4v) is 2.95. The summed E-state index contributed by atoms with van der Waals surface area (Å²) >= 11 is 5.30. The molecule has 0 bridgehead atoms. The normalized spacial score (nSPS) is 10.5. The fourth-order valence-electron chi connectivity index (χ4n) is 2.74. The Morgan fingerprint density at radius 1 is 1.07 bits per heavy atom. The number of carbonyl (C=O) groups is 1. The summed E-state index contributed by atoms with van der Waals surface area (Å²) in [5.41, 5.74) is 1.21. The Bertz CT molecular complexity index is 808. The van der Waals surface area contributed by atoms with Crippen LogP contribution >= 0.6 is 12.2 Å². The fraction of sp³-hybridized carbons (Fsp3) is 0.391. The van der Waals surface area contributed by atoms with Gasteiger partial charge in [0.25, 0.3) is 5.91 Å². The van der Waals surface area contributed by atoms with Gasteiger partial charge in [-0.05, 0) is 56.8 Å². The molecule has 0 saturated heterocycles. The van der Waals surface area contributed by atoms with Crippen molar-refractivity contribution in [1.29, 1.82) is 0 Å². The second-order valence-corrected chi connectivity index (χ2v) is 7.42. The highest BCUT2D eigenvalue weighted by Gasteiger charge is 2.14. The van der Waals surface area contributed by atoms with Crippen LogP contribution < -0.4 is 20.1 Å². The van der Waals surface area contributed by atoms with Crippen LogP contribution in [0.25, 0.3) is 0 Å². The van der Waals surface area contributed by atoms with Crippen LogP contribution in [0.4, 0.5) is 5.69 Å². The van der Waals surface area contributed by atoms with E-state index in [4.69, 9.17) is 21.7 Å². The highest BCUT2D eigenvalue weighted by Crippen LogP contribution is 2.20. The monoisotopic (exact) mass is 414 g/mol. The van der Waals surface area contributed by atoms with Gasteiger partial charge >= 0.3 is 0 Å². The van der Waals surface area contributed by atoms with Gasteiger partial charge in [-0.1, -0.05) is 44.4 Å². The minimum atomic E-state index is -0.304. The van der Waals surface area contributed by atoms with Crippen LogP contribution in [-0.4, -0.2) is 23.7 Å². The SMILES string of the molecule is CCCCCCOc1ccccc1C(=O)NC(=S)Nc1cccc(OC(C)C)c1. The molecule has 0 heterocycles. The smallest absolute Gasteiger partial charge is 0.261 e. The van der Waals surface area contributed by atoms with E-state index in [2.05, 4.69) is 17.6 Å². The molecular weight excluding hydrogens is 384 g/mol. The number of hydrogen-bond donors (Lipinski definition) is 2. The zero-order valence-corrected chi connectivity index (χ0v) is 18.2. The Hall–Kier alpha value is -2.60. The maximum absolute atomic E-state index is 12.7.